The first kappa shape index (κ1) is 14.1. The van der Waals surface area contributed by atoms with E-state index >= 15 is 0 Å². The SMILES string of the molecule is Nc1ccc(-c2nc3cc(N)ccc3n2C2CCCCC2)cc1. The highest BCUT2D eigenvalue weighted by molar-refractivity contribution is 5.83. The summed E-state index contributed by atoms with van der Waals surface area (Å²) in [7, 11) is 0. The summed E-state index contributed by atoms with van der Waals surface area (Å²) in [5.41, 5.74) is 16.6. The molecule has 1 aromatic heterocycles. The second-order valence-corrected chi connectivity index (χ2v) is 6.47. The van der Waals surface area contributed by atoms with Crippen LogP contribution in [-0.4, -0.2) is 9.55 Å². The zero-order valence-electron chi connectivity index (χ0n) is 13.2. The van der Waals surface area contributed by atoms with Gasteiger partial charge in [0.25, 0.3) is 0 Å². The number of aromatic nitrogens is 2. The van der Waals surface area contributed by atoms with Gasteiger partial charge in [-0.2, -0.15) is 0 Å². The van der Waals surface area contributed by atoms with Gasteiger partial charge in [-0.3, -0.25) is 0 Å². The topological polar surface area (TPSA) is 69.9 Å². The molecule has 4 N–H and O–H groups in total. The Kier molecular flexibility index (Phi) is 3.45. The maximum absolute atomic E-state index is 5.95. The smallest absolute Gasteiger partial charge is 0.141 e. The van der Waals surface area contributed by atoms with Gasteiger partial charge in [0.15, 0.2) is 0 Å². The molecule has 1 aliphatic rings. The van der Waals surface area contributed by atoms with Crippen molar-refractivity contribution < 1.29 is 0 Å². The van der Waals surface area contributed by atoms with Gasteiger partial charge in [-0.05, 0) is 55.3 Å². The summed E-state index contributed by atoms with van der Waals surface area (Å²) in [6.45, 7) is 0. The average Bonchev–Trinajstić information content (AvgIpc) is 2.94. The Morgan fingerprint density at radius 2 is 1.57 bits per heavy atom. The van der Waals surface area contributed by atoms with Gasteiger partial charge in [0.2, 0.25) is 0 Å². The van der Waals surface area contributed by atoms with Gasteiger partial charge in [0, 0.05) is 23.0 Å². The molecule has 0 bridgehead atoms. The molecule has 23 heavy (non-hydrogen) atoms. The largest absolute Gasteiger partial charge is 0.399 e. The third-order valence-electron chi connectivity index (χ3n) is 4.82. The molecule has 4 nitrogen and oxygen atoms in total. The van der Waals surface area contributed by atoms with E-state index in [9.17, 15) is 0 Å². The Morgan fingerprint density at radius 3 is 2.30 bits per heavy atom. The number of nitrogens with zero attached hydrogens (tertiary/aromatic N) is 2. The highest BCUT2D eigenvalue weighted by Gasteiger charge is 2.22. The predicted molar refractivity (Wildman–Crippen MR) is 96.1 cm³/mol. The van der Waals surface area contributed by atoms with E-state index in [1.165, 1.54) is 37.6 Å². The number of nitrogen functional groups attached to an aromatic ring is 2. The van der Waals surface area contributed by atoms with Crippen LogP contribution < -0.4 is 11.5 Å². The van der Waals surface area contributed by atoms with Crippen molar-refractivity contribution in [3.8, 4) is 11.4 Å². The van der Waals surface area contributed by atoms with E-state index in [0.717, 1.165) is 28.3 Å². The number of fused-ring (bicyclic) bond motifs is 1. The second-order valence-electron chi connectivity index (χ2n) is 6.47. The molecule has 118 valence electrons. The van der Waals surface area contributed by atoms with Gasteiger partial charge in [-0.25, -0.2) is 4.98 Å². The van der Waals surface area contributed by atoms with Crippen LogP contribution in [-0.2, 0) is 0 Å². The quantitative estimate of drug-likeness (QED) is 0.691. The fraction of sp³-hybridized carbons (Fsp3) is 0.316. The van der Waals surface area contributed by atoms with Crippen LogP contribution in [0.2, 0.25) is 0 Å². The van der Waals surface area contributed by atoms with Gasteiger partial charge in [-0.1, -0.05) is 19.3 Å². The fourth-order valence-electron chi connectivity index (χ4n) is 3.66. The molecule has 4 heteroatoms. The first-order valence-electron chi connectivity index (χ1n) is 8.36. The van der Waals surface area contributed by atoms with Crippen molar-refractivity contribution in [1.82, 2.24) is 9.55 Å². The molecule has 0 radical (unpaired) electrons. The molecule has 0 atom stereocenters. The molecular weight excluding hydrogens is 284 g/mol. The van der Waals surface area contributed by atoms with Crippen molar-refractivity contribution in [3.05, 3.63) is 42.5 Å². The van der Waals surface area contributed by atoms with Gasteiger partial charge < -0.3 is 16.0 Å². The van der Waals surface area contributed by atoms with Crippen molar-refractivity contribution in [3.63, 3.8) is 0 Å². The monoisotopic (exact) mass is 306 g/mol. The van der Waals surface area contributed by atoms with Crippen molar-refractivity contribution in [1.29, 1.82) is 0 Å². The number of nitrogens with two attached hydrogens (primary N) is 2. The summed E-state index contributed by atoms with van der Waals surface area (Å²) in [5.74, 6) is 1.03. The Balaban J connectivity index is 1.92. The minimum absolute atomic E-state index is 0.518. The maximum atomic E-state index is 5.95. The lowest BCUT2D eigenvalue weighted by atomic mass is 9.95. The third-order valence-corrected chi connectivity index (χ3v) is 4.82. The zero-order valence-corrected chi connectivity index (χ0v) is 13.2. The van der Waals surface area contributed by atoms with E-state index in [0.29, 0.717) is 6.04 Å². The number of rotatable bonds is 2. The molecular formula is C19H22N4. The Labute approximate surface area is 136 Å². The highest BCUT2D eigenvalue weighted by atomic mass is 15.1. The molecule has 1 heterocycles. The minimum Gasteiger partial charge on any atom is -0.399 e. The van der Waals surface area contributed by atoms with Crippen LogP contribution in [0.1, 0.15) is 38.1 Å². The van der Waals surface area contributed by atoms with Gasteiger partial charge in [0.05, 0.1) is 11.0 Å². The summed E-state index contributed by atoms with van der Waals surface area (Å²) in [4.78, 5) is 4.89. The van der Waals surface area contributed by atoms with E-state index in [1.54, 1.807) is 0 Å². The first-order chi connectivity index (χ1) is 11.2. The minimum atomic E-state index is 0.518. The lowest BCUT2D eigenvalue weighted by Gasteiger charge is -2.25. The molecule has 0 aliphatic heterocycles. The van der Waals surface area contributed by atoms with Gasteiger partial charge in [-0.15, -0.1) is 0 Å². The van der Waals surface area contributed by atoms with E-state index in [1.807, 2.05) is 24.3 Å². The van der Waals surface area contributed by atoms with E-state index < -0.39 is 0 Å². The summed E-state index contributed by atoms with van der Waals surface area (Å²) >= 11 is 0. The molecule has 0 spiro atoms. The molecule has 0 unspecified atom stereocenters. The maximum Gasteiger partial charge on any atom is 0.141 e. The fourth-order valence-corrected chi connectivity index (χ4v) is 3.66. The Morgan fingerprint density at radius 1 is 0.870 bits per heavy atom. The van der Waals surface area contributed by atoms with Crippen LogP contribution in [0.4, 0.5) is 11.4 Å². The standard InChI is InChI=1S/C19H22N4/c20-14-8-6-13(7-9-14)19-22-17-12-15(21)10-11-18(17)23(19)16-4-2-1-3-5-16/h6-12,16H,1-5,20-21H2. The van der Waals surface area contributed by atoms with Gasteiger partial charge >= 0.3 is 0 Å². The first-order valence-corrected chi connectivity index (χ1v) is 8.36. The van der Waals surface area contributed by atoms with Crippen LogP contribution in [0.5, 0.6) is 0 Å². The number of imidazole rings is 1. The molecule has 3 aromatic rings. The van der Waals surface area contributed by atoms with E-state index in [2.05, 4.69) is 22.8 Å². The van der Waals surface area contributed by atoms with E-state index in [-0.39, 0.29) is 0 Å². The van der Waals surface area contributed by atoms with E-state index in [4.69, 9.17) is 16.5 Å². The number of hydrogen-bond donors (Lipinski definition) is 2. The molecule has 0 saturated heterocycles. The Bertz CT molecular complexity index is 826. The lowest BCUT2D eigenvalue weighted by molar-refractivity contribution is 0.362. The van der Waals surface area contributed by atoms with Crippen LogP contribution in [0, 0.1) is 0 Å². The van der Waals surface area contributed by atoms with Crippen LogP contribution in [0.15, 0.2) is 42.5 Å². The lowest BCUT2D eigenvalue weighted by Crippen LogP contribution is -2.14. The number of hydrogen-bond acceptors (Lipinski definition) is 3. The molecule has 1 fully saturated rings. The summed E-state index contributed by atoms with van der Waals surface area (Å²) in [5, 5.41) is 0. The second kappa shape index (κ2) is 5.61. The third kappa shape index (κ3) is 2.54. The van der Waals surface area contributed by atoms with Crippen molar-refractivity contribution in [2.75, 3.05) is 11.5 Å². The molecule has 4 rings (SSSR count). The van der Waals surface area contributed by atoms with Crippen LogP contribution >= 0.6 is 0 Å². The van der Waals surface area contributed by atoms with Gasteiger partial charge in [0.1, 0.15) is 5.82 Å². The normalized spacial score (nSPS) is 16.0. The van der Waals surface area contributed by atoms with Crippen molar-refractivity contribution in [2.45, 2.75) is 38.1 Å². The van der Waals surface area contributed by atoms with Crippen LogP contribution in [0.3, 0.4) is 0 Å². The van der Waals surface area contributed by atoms with Crippen LogP contribution in [0.25, 0.3) is 22.4 Å². The summed E-state index contributed by atoms with van der Waals surface area (Å²) in [6, 6.07) is 14.5. The summed E-state index contributed by atoms with van der Waals surface area (Å²) in [6.07, 6.45) is 6.36. The highest BCUT2D eigenvalue weighted by Crippen LogP contribution is 2.36. The molecule has 2 aromatic carbocycles. The molecule has 0 amide bonds. The Hall–Kier alpha value is -2.49. The van der Waals surface area contributed by atoms with Crippen molar-refractivity contribution >= 4 is 22.4 Å². The average molecular weight is 306 g/mol. The molecule has 1 saturated carbocycles. The molecule has 1 aliphatic carbocycles. The predicted octanol–water partition coefficient (Wildman–Crippen LogP) is 4.37. The number of anilines is 2. The van der Waals surface area contributed by atoms with Crippen molar-refractivity contribution in [2.24, 2.45) is 0 Å². The summed E-state index contributed by atoms with van der Waals surface area (Å²) < 4.78 is 2.42. The number of benzene rings is 2. The zero-order chi connectivity index (χ0) is 15.8.